The summed E-state index contributed by atoms with van der Waals surface area (Å²) in [5.74, 6) is 0.667. The van der Waals surface area contributed by atoms with Crippen LogP contribution in [0.2, 0.25) is 0 Å². The largest absolute Gasteiger partial charge is 0.486 e. The second-order valence-electron chi connectivity index (χ2n) is 4.54. The molecule has 0 aliphatic heterocycles. The maximum absolute atomic E-state index is 12.2. The smallest absolute Gasteiger partial charge is 0.343 e. The predicted molar refractivity (Wildman–Crippen MR) is 89.2 cm³/mol. The fraction of sp³-hybridized carbons (Fsp3) is 0.105. The van der Waals surface area contributed by atoms with Gasteiger partial charge in [-0.15, -0.1) is 0 Å². The van der Waals surface area contributed by atoms with Crippen molar-refractivity contribution in [3.8, 4) is 17.2 Å². The Hall–Kier alpha value is -3.01. The van der Waals surface area contributed by atoms with Gasteiger partial charge in [-0.1, -0.05) is 49.6 Å². The van der Waals surface area contributed by atoms with Crippen LogP contribution < -0.4 is 14.2 Å². The molecule has 0 saturated heterocycles. The van der Waals surface area contributed by atoms with E-state index in [1.54, 1.807) is 54.6 Å². The molecule has 0 spiro atoms. The van der Waals surface area contributed by atoms with Crippen LogP contribution in [0.1, 0.15) is 10.4 Å². The number of carbonyl (C=O) groups is 1. The zero-order valence-corrected chi connectivity index (χ0v) is 12.7. The molecule has 0 radical (unpaired) electrons. The standard InChI is InChI=1S/C19H18O4/c1-3-13-21-16-11-8-12-17(18(16)22-14-4-2)23-19(20)15-9-6-5-7-10-15/h3-12H,1-2,13-14H2. The summed E-state index contributed by atoms with van der Waals surface area (Å²) < 4.78 is 16.6. The molecule has 4 nitrogen and oxygen atoms in total. The van der Waals surface area contributed by atoms with Crippen LogP contribution in [0.25, 0.3) is 0 Å². The molecule has 0 heterocycles. The zero-order chi connectivity index (χ0) is 16.5. The van der Waals surface area contributed by atoms with Crippen molar-refractivity contribution in [3.05, 3.63) is 79.4 Å². The third kappa shape index (κ3) is 4.48. The van der Waals surface area contributed by atoms with Gasteiger partial charge >= 0.3 is 5.97 Å². The highest BCUT2D eigenvalue weighted by atomic mass is 16.6. The van der Waals surface area contributed by atoms with Gasteiger partial charge in [0, 0.05) is 0 Å². The first-order valence-corrected chi connectivity index (χ1v) is 7.14. The van der Waals surface area contributed by atoms with Crippen molar-refractivity contribution in [1.82, 2.24) is 0 Å². The number of rotatable bonds is 8. The second-order valence-corrected chi connectivity index (χ2v) is 4.54. The topological polar surface area (TPSA) is 44.8 Å². The van der Waals surface area contributed by atoms with Gasteiger partial charge in [-0.2, -0.15) is 0 Å². The highest BCUT2D eigenvalue weighted by Crippen LogP contribution is 2.37. The molecule has 118 valence electrons. The second kappa shape index (κ2) is 8.44. The maximum Gasteiger partial charge on any atom is 0.343 e. The molecule has 0 fully saturated rings. The Morgan fingerprint density at radius 2 is 1.52 bits per heavy atom. The number of para-hydroxylation sites is 1. The molecule has 2 aromatic rings. The summed E-state index contributed by atoms with van der Waals surface area (Å²) in [6.45, 7) is 7.81. The van der Waals surface area contributed by atoms with Gasteiger partial charge in [0.2, 0.25) is 5.75 Å². The monoisotopic (exact) mass is 310 g/mol. The quantitative estimate of drug-likeness (QED) is 0.419. The van der Waals surface area contributed by atoms with Gasteiger partial charge in [0.25, 0.3) is 0 Å². The van der Waals surface area contributed by atoms with Crippen molar-refractivity contribution in [2.45, 2.75) is 0 Å². The summed E-state index contributed by atoms with van der Waals surface area (Å²) in [5.41, 5.74) is 0.458. The van der Waals surface area contributed by atoms with Gasteiger partial charge in [0.15, 0.2) is 11.5 Å². The molecule has 0 saturated carbocycles. The van der Waals surface area contributed by atoms with E-state index in [4.69, 9.17) is 14.2 Å². The van der Waals surface area contributed by atoms with Crippen molar-refractivity contribution < 1.29 is 19.0 Å². The highest BCUT2D eigenvalue weighted by molar-refractivity contribution is 5.91. The van der Waals surface area contributed by atoms with E-state index in [0.717, 1.165) is 0 Å². The van der Waals surface area contributed by atoms with Gasteiger partial charge in [-0.05, 0) is 24.3 Å². The number of benzene rings is 2. The molecule has 0 atom stereocenters. The summed E-state index contributed by atoms with van der Waals surface area (Å²) in [7, 11) is 0. The molecule has 0 aromatic heterocycles. The molecular formula is C19H18O4. The van der Waals surface area contributed by atoms with Crippen LogP contribution in [0, 0.1) is 0 Å². The van der Waals surface area contributed by atoms with Crippen LogP contribution in [-0.4, -0.2) is 19.2 Å². The Labute approximate surface area is 135 Å². The van der Waals surface area contributed by atoms with Crippen LogP contribution in [0.5, 0.6) is 17.2 Å². The van der Waals surface area contributed by atoms with Crippen molar-refractivity contribution in [1.29, 1.82) is 0 Å². The third-order valence-corrected chi connectivity index (χ3v) is 2.86. The maximum atomic E-state index is 12.2. The van der Waals surface area contributed by atoms with E-state index in [-0.39, 0.29) is 6.61 Å². The first-order chi connectivity index (χ1) is 11.3. The zero-order valence-electron chi connectivity index (χ0n) is 12.7. The molecule has 2 aromatic carbocycles. The molecule has 0 aliphatic carbocycles. The SMILES string of the molecule is C=CCOc1cccc(OC(=O)c2ccccc2)c1OCC=C. The summed E-state index contributed by atoms with van der Waals surface area (Å²) >= 11 is 0. The van der Waals surface area contributed by atoms with Crippen molar-refractivity contribution in [2.24, 2.45) is 0 Å². The average molecular weight is 310 g/mol. The van der Waals surface area contributed by atoms with Gasteiger partial charge in [-0.25, -0.2) is 4.79 Å². The minimum Gasteiger partial charge on any atom is -0.486 e. The molecular weight excluding hydrogens is 292 g/mol. The van der Waals surface area contributed by atoms with Crippen LogP contribution in [0.3, 0.4) is 0 Å². The number of hydrogen-bond acceptors (Lipinski definition) is 4. The van der Waals surface area contributed by atoms with Crippen molar-refractivity contribution in [2.75, 3.05) is 13.2 Å². The number of ether oxygens (including phenoxy) is 3. The Kier molecular flexibility index (Phi) is 6.00. The Balaban J connectivity index is 2.27. The van der Waals surface area contributed by atoms with E-state index in [0.29, 0.717) is 29.4 Å². The summed E-state index contributed by atoms with van der Waals surface area (Å²) in [6, 6.07) is 13.9. The Bertz CT molecular complexity index is 677. The van der Waals surface area contributed by atoms with Gasteiger partial charge in [0.05, 0.1) is 5.56 Å². The van der Waals surface area contributed by atoms with Gasteiger partial charge in [0.1, 0.15) is 13.2 Å². The third-order valence-electron chi connectivity index (χ3n) is 2.86. The summed E-state index contributed by atoms with van der Waals surface area (Å²) in [6.07, 6.45) is 3.23. The molecule has 0 amide bonds. The van der Waals surface area contributed by atoms with Crippen LogP contribution in [-0.2, 0) is 0 Å². The lowest BCUT2D eigenvalue weighted by Gasteiger charge is -2.14. The highest BCUT2D eigenvalue weighted by Gasteiger charge is 2.16. The van der Waals surface area contributed by atoms with E-state index in [1.165, 1.54) is 0 Å². The number of carbonyl (C=O) groups excluding carboxylic acids is 1. The van der Waals surface area contributed by atoms with E-state index in [2.05, 4.69) is 13.2 Å². The minimum atomic E-state index is -0.463. The fourth-order valence-corrected chi connectivity index (χ4v) is 1.86. The molecule has 4 heteroatoms. The lowest BCUT2D eigenvalue weighted by Crippen LogP contribution is -2.10. The lowest BCUT2D eigenvalue weighted by atomic mass is 10.2. The van der Waals surface area contributed by atoms with Gasteiger partial charge in [-0.3, -0.25) is 0 Å². The number of hydrogen-bond donors (Lipinski definition) is 0. The molecule has 0 unspecified atom stereocenters. The summed E-state index contributed by atoms with van der Waals surface area (Å²) in [5, 5.41) is 0. The minimum absolute atomic E-state index is 0.268. The lowest BCUT2D eigenvalue weighted by molar-refractivity contribution is 0.0728. The van der Waals surface area contributed by atoms with Crippen molar-refractivity contribution >= 4 is 5.97 Å². The van der Waals surface area contributed by atoms with Crippen LogP contribution >= 0.6 is 0 Å². The molecule has 0 aliphatic rings. The van der Waals surface area contributed by atoms with Crippen LogP contribution in [0.4, 0.5) is 0 Å². The normalized spacial score (nSPS) is 9.74. The Morgan fingerprint density at radius 3 is 2.22 bits per heavy atom. The Morgan fingerprint density at radius 1 is 0.870 bits per heavy atom. The first kappa shape index (κ1) is 16.4. The molecule has 23 heavy (non-hydrogen) atoms. The van der Waals surface area contributed by atoms with Crippen molar-refractivity contribution in [3.63, 3.8) is 0 Å². The van der Waals surface area contributed by atoms with E-state index >= 15 is 0 Å². The van der Waals surface area contributed by atoms with Gasteiger partial charge < -0.3 is 14.2 Å². The fourth-order valence-electron chi connectivity index (χ4n) is 1.86. The van der Waals surface area contributed by atoms with Crippen LogP contribution in [0.15, 0.2) is 73.8 Å². The predicted octanol–water partition coefficient (Wildman–Crippen LogP) is 4.04. The molecule has 0 bridgehead atoms. The average Bonchev–Trinajstić information content (AvgIpc) is 2.59. The first-order valence-electron chi connectivity index (χ1n) is 7.14. The van der Waals surface area contributed by atoms with E-state index in [9.17, 15) is 4.79 Å². The molecule has 2 rings (SSSR count). The molecule has 0 N–H and O–H groups in total. The van der Waals surface area contributed by atoms with E-state index in [1.807, 2.05) is 6.07 Å². The number of esters is 1. The summed E-state index contributed by atoms with van der Waals surface area (Å²) in [4.78, 5) is 12.2. The van der Waals surface area contributed by atoms with E-state index < -0.39 is 5.97 Å².